The van der Waals surface area contributed by atoms with Crippen LogP contribution in [0.3, 0.4) is 0 Å². The Morgan fingerprint density at radius 2 is 2.07 bits per heavy atom. The van der Waals surface area contributed by atoms with Gasteiger partial charge < -0.3 is 10.3 Å². The van der Waals surface area contributed by atoms with E-state index in [2.05, 4.69) is 0 Å². The molecule has 14 heavy (non-hydrogen) atoms. The number of nitrogens with two attached hydrogens (primary N) is 1. The number of primary amides is 1. The number of carbonyl (C=O) groups is 1. The summed E-state index contributed by atoms with van der Waals surface area (Å²) in [6.07, 6.45) is 3.39. The van der Waals surface area contributed by atoms with Crippen molar-refractivity contribution >= 4 is 5.91 Å². The fraction of sp³-hybridized carbons (Fsp3) is 0.400. The molecule has 0 bridgehead atoms. The molecule has 1 heterocycles. The van der Waals surface area contributed by atoms with E-state index in [1.165, 1.54) is 0 Å². The summed E-state index contributed by atoms with van der Waals surface area (Å²) in [5.74, 6) is -0.561. The first kappa shape index (κ1) is 10.5. The number of pyridine rings is 1. The standard InChI is InChI=1S/C10H15N3O/c1-10(2,3)13-5-4-8(11)7(6-13)9(12)14/h4-6,11H,1-3H3,(H2,12,14). The zero-order valence-electron chi connectivity index (χ0n) is 8.66. The van der Waals surface area contributed by atoms with Gasteiger partial charge in [-0.1, -0.05) is 0 Å². The highest BCUT2D eigenvalue weighted by Crippen LogP contribution is 2.12. The molecule has 0 aliphatic heterocycles. The predicted octanol–water partition coefficient (Wildman–Crippen LogP) is 0.821. The zero-order valence-corrected chi connectivity index (χ0v) is 8.66. The summed E-state index contributed by atoms with van der Waals surface area (Å²) in [4.78, 5) is 11.0. The lowest BCUT2D eigenvalue weighted by Crippen LogP contribution is -2.28. The highest BCUT2D eigenvalue weighted by molar-refractivity contribution is 5.92. The number of nitrogens with one attached hydrogen (secondary N) is 1. The minimum Gasteiger partial charge on any atom is -0.365 e. The Morgan fingerprint density at radius 1 is 1.50 bits per heavy atom. The van der Waals surface area contributed by atoms with E-state index in [1.807, 2.05) is 25.3 Å². The number of hydrogen-bond donors (Lipinski definition) is 2. The summed E-state index contributed by atoms with van der Waals surface area (Å²) >= 11 is 0. The molecule has 0 spiro atoms. The maximum Gasteiger partial charge on any atom is 0.252 e. The van der Waals surface area contributed by atoms with Gasteiger partial charge in [0.2, 0.25) is 0 Å². The van der Waals surface area contributed by atoms with E-state index in [0.717, 1.165) is 0 Å². The van der Waals surface area contributed by atoms with Crippen molar-refractivity contribution in [1.29, 1.82) is 5.41 Å². The first-order valence-electron chi connectivity index (χ1n) is 4.39. The third-order valence-electron chi connectivity index (χ3n) is 2.00. The van der Waals surface area contributed by atoms with E-state index in [-0.39, 0.29) is 16.5 Å². The molecule has 0 aromatic carbocycles. The second-order valence-electron chi connectivity index (χ2n) is 4.21. The Labute approximate surface area is 82.9 Å². The second kappa shape index (κ2) is 3.29. The summed E-state index contributed by atoms with van der Waals surface area (Å²) in [6.45, 7) is 6.05. The number of hydrogen-bond acceptors (Lipinski definition) is 2. The minimum absolute atomic E-state index is 0.113. The summed E-state index contributed by atoms with van der Waals surface area (Å²) < 4.78 is 1.87. The number of aromatic nitrogens is 1. The van der Waals surface area contributed by atoms with Gasteiger partial charge in [0.15, 0.2) is 0 Å². The van der Waals surface area contributed by atoms with Crippen LogP contribution in [0.15, 0.2) is 18.5 Å². The van der Waals surface area contributed by atoms with Crippen molar-refractivity contribution in [3.63, 3.8) is 0 Å². The Morgan fingerprint density at radius 3 is 2.50 bits per heavy atom. The van der Waals surface area contributed by atoms with Gasteiger partial charge in [-0.25, -0.2) is 0 Å². The van der Waals surface area contributed by atoms with Crippen LogP contribution in [-0.2, 0) is 5.54 Å². The van der Waals surface area contributed by atoms with Crippen molar-refractivity contribution in [3.05, 3.63) is 29.4 Å². The van der Waals surface area contributed by atoms with Gasteiger partial charge in [-0.3, -0.25) is 10.2 Å². The molecule has 0 saturated heterocycles. The maximum absolute atomic E-state index is 11.0. The van der Waals surface area contributed by atoms with E-state index in [1.54, 1.807) is 18.5 Å². The molecule has 1 rings (SSSR count). The average molecular weight is 193 g/mol. The molecule has 0 radical (unpaired) electrons. The van der Waals surface area contributed by atoms with Crippen molar-refractivity contribution in [2.75, 3.05) is 0 Å². The summed E-state index contributed by atoms with van der Waals surface area (Å²) in [6, 6.07) is 1.57. The topological polar surface area (TPSA) is 71.9 Å². The number of amides is 1. The molecule has 4 nitrogen and oxygen atoms in total. The molecule has 3 N–H and O–H groups in total. The van der Waals surface area contributed by atoms with Crippen molar-refractivity contribution < 1.29 is 4.79 Å². The van der Waals surface area contributed by atoms with Crippen LogP contribution in [0, 0.1) is 5.41 Å². The molecule has 4 heteroatoms. The largest absolute Gasteiger partial charge is 0.365 e. The highest BCUT2D eigenvalue weighted by atomic mass is 16.1. The molecule has 1 aromatic heterocycles. The van der Waals surface area contributed by atoms with E-state index >= 15 is 0 Å². The van der Waals surface area contributed by atoms with Gasteiger partial charge in [-0.05, 0) is 26.8 Å². The second-order valence-corrected chi connectivity index (χ2v) is 4.21. The van der Waals surface area contributed by atoms with Crippen LogP contribution < -0.4 is 11.1 Å². The molecule has 0 fully saturated rings. The van der Waals surface area contributed by atoms with Gasteiger partial charge >= 0.3 is 0 Å². The monoisotopic (exact) mass is 193 g/mol. The van der Waals surface area contributed by atoms with Crippen molar-refractivity contribution in [2.24, 2.45) is 5.73 Å². The van der Waals surface area contributed by atoms with Gasteiger partial charge in [0.1, 0.15) is 0 Å². The summed E-state index contributed by atoms with van der Waals surface area (Å²) in [5, 5.41) is 7.65. The lowest BCUT2D eigenvalue weighted by Gasteiger charge is -2.23. The van der Waals surface area contributed by atoms with Crippen molar-refractivity contribution in [3.8, 4) is 0 Å². The lowest BCUT2D eigenvalue weighted by molar-refractivity contribution is 0.0998. The fourth-order valence-electron chi connectivity index (χ4n) is 1.11. The Bertz CT molecular complexity index is 412. The van der Waals surface area contributed by atoms with Crippen LogP contribution in [0.25, 0.3) is 0 Å². The van der Waals surface area contributed by atoms with Crippen LogP contribution in [0.1, 0.15) is 31.1 Å². The normalized spacial score (nSPS) is 11.4. The smallest absolute Gasteiger partial charge is 0.252 e. The third kappa shape index (κ3) is 2.02. The van der Waals surface area contributed by atoms with Crippen molar-refractivity contribution in [2.45, 2.75) is 26.3 Å². The van der Waals surface area contributed by atoms with E-state index in [0.29, 0.717) is 0 Å². The molecular formula is C10H15N3O. The molecule has 1 amide bonds. The molecular weight excluding hydrogens is 178 g/mol. The summed E-state index contributed by atoms with van der Waals surface area (Å²) in [7, 11) is 0. The Balaban J connectivity index is 3.34. The third-order valence-corrected chi connectivity index (χ3v) is 2.00. The van der Waals surface area contributed by atoms with Gasteiger partial charge in [-0.2, -0.15) is 0 Å². The number of nitrogens with zero attached hydrogens (tertiary/aromatic N) is 1. The minimum atomic E-state index is -0.561. The SMILES string of the molecule is CC(C)(C)n1ccc(=N)c(C(N)=O)c1. The van der Waals surface area contributed by atoms with Gasteiger partial charge in [0, 0.05) is 17.9 Å². The molecule has 0 saturated carbocycles. The Hall–Kier alpha value is -1.58. The molecule has 0 aliphatic rings. The highest BCUT2D eigenvalue weighted by Gasteiger charge is 2.13. The molecule has 0 unspecified atom stereocenters. The van der Waals surface area contributed by atoms with E-state index < -0.39 is 5.91 Å². The van der Waals surface area contributed by atoms with Crippen LogP contribution in [0.2, 0.25) is 0 Å². The van der Waals surface area contributed by atoms with Crippen molar-refractivity contribution in [1.82, 2.24) is 4.57 Å². The van der Waals surface area contributed by atoms with Crippen LogP contribution in [0.4, 0.5) is 0 Å². The summed E-state index contributed by atoms with van der Waals surface area (Å²) in [5.41, 5.74) is 5.29. The first-order chi connectivity index (χ1) is 6.32. The maximum atomic E-state index is 11.0. The zero-order chi connectivity index (χ0) is 10.9. The Kier molecular flexibility index (Phi) is 2.47. The molecule has 0 atom stereocenters. The number of rotatable bonds is 1. The lowest BCUT2D eigenvalue weighted by atomic mass is 10.1. The molecule has 1 aromatic rings. The molecule has 76 valence electrons. The van der Waals surface area contributed by atoms with Gasteiger partial charge in [0.25, 0.3) is 5.91 Å². The average Bonchev–Trinajstić information content (AvgIpc) is 2.02. The molecule has 0 aliphatic carbocycles. The quantitative estimate of drug-likeness (QED) is 0.681. The van der Waals surface area contributed by atoms with Crippen LogP contribution in [-0.4, -0.2) is 10.5 Å². The van der Waals surface area contributed by atoms with E-state index in [9.17, 15) is 4.79 Å². The van der Waals surface area contributed by atoms with Gasteiger partial charge in [-0.15, -0.1) is 0 Å². The van der Waals surface area contributed by atoms with Crippen LogP contribution in [0.5, 0.6) is 0 Å². The predicted molar refractivity (Wildman–Crippen MR) is 53.8 cm³/mol. The van der Waals surface area contributed by atoms with E-state index in [4.69, 9.17) is 11.1 Å². The fourth-order valence-corrected chi connectivity index (χ4v) is 1.11. The van der Waals surface area contributed by atoms with Crippen LogP contribution >= 0.6 is 0 Å². The first-order valence-corrected chi connectivity index (χ1v) is 4.39. The van der Waals surface area contributed by atoms with Gasteiger partial charge in [0.05, 0.1) is 10.9 Å². The number of carbonyl (C=O) groups excluding carboxylic acids is 1.